The molecule has 2 aromatic carbocycles. The number of benzene rings is 2. The molecule has 0 bridgehead atoms. The standard InChI is InChI=1S/C26H33N3O/c1-5-14-28-15-12-26(13-16-28)18-29(24-11-6-20(4)17-23(24)26)25(30)27-22-9-7-21(8-10-22)19(2)3/h5-11,17,19H,1,12-16,18H2,2-4H3,(H,27,30). The summed E-state index contributed by atoms with van der Waals surface area (Å²) in [5.41, 5.74) is 5.84. The maximum atomic E-state index is 13.3. The van der Waals surface area contributed by atoms with Crippen LogP contribution in [0, 0.1) is 6.92 Å². The van der Waals surface area contributed by atoms with Crippen LogP contribution < -0.4 is 10.2 Å². The smallest absolute Gasteiger partial charge is 0.308 e. The number of piperidine rings is 1. The molecule has 1 N–H and O–H groups in total. The van der Waals surface area contributed by atoms with Gasteiger partial charge >= 0.3 is 6.03 Å². The lowest BCUT2D eigenvalue weighted by molar-refractivity contribution is 0.180. The number of aryl methyl sites for hydroxylation is 1. The fraction of sp³-hybridized carbons (Fsp3) is 0.423. The number of hydrogen-bond donors (Lipinski definition) is 1. The summed E-state index contributed by atoms with van der Waals surface area (Å²) in [6.07, 6.45) is 4.13. The molecule has 2 aromatic rings. The highest BCUT2D eigenvalue weighted by molar-refractivity contribution is 6.03. The zero-order valence-corrected chi connectivity index (χ0v) is 18.4. The highest BCUT2D eigenvalue weighted by Gasteiger charge is 2.46. The van der Waals surface area contributed by atoms with E-state index in [1.807, 2.05) is 23.1 Å². The Morgan fingerprint density at radius 1 is 1.17 bits per heavy atom. The number of amides is 2. The molecule has 0 unspecified atom stereocenters. The normalized spacial score (nSPS) is 17.9. The monoisotopic (exact) mass is 403 g/mol. The topological polar surface area (TPSA) is 35.6 Å². The van der Waals surface area contributed by atoms with Gasteiger partial charge < -0.3 is 5.32 Å². The van der Waals surface area contributed by atoms with Crippen LogP contribution in [-0.4, -0.2) is 37.1 Å². The lowest BCUT2D eigenvalue weighted by atomic mass is 9.74. The number of likely N-dealkylation sites (tertiary alicyclic amines) is 1. The minimum atomic E-state index is -0.0391. The maximum absolute atomic E-state index is 13.3. The van der Waals surface area contributed by atoms with E-state index in [0.717, 1.165) is 50.4 Å². The van der Waals surface area contributed by atoms with Crippen LogP contribution in [-0.2, 0) is 5.41 Å². The molecule has 158 valence electrons. The molecule has 0 atom stereocenters. The number of rotatable bonds is 4. The third-order valence-electron chi connectivity index (χ3n) is 6.75. The summed E-state index contributed by atoms with van der Waals surface area (Å²) in [7, 11) is 0. The Kier molecular flexibility index (Phi) is 5.70. The molecule has 1 fully saturated rings. The number of urea groups is 1. The van der Waals surface area contributed by atoms with Crippen LogP contribution in [0.4, 0.5) is 16.2 Å². The molecule has 2 aliphatic heterocycles. The van der Waals surface area contributed by atoms with Crippen LogP contribution in [0.15, 0.2) is 55.1 Å². The van der Waals surface area contributed by atoms with Gasteiger partial charge in [0.15, 0.2) is 0 Å². The number of anilines is 2. The molecular weight excluding hydrogens is 370 g/mol. The van der Waals surface area contributed by atoms with Crippen molar-refractivity contribution in [1.82, 2.24) is 4.90 Å². The first-order valence-electron chi connectivity index (χ1n) is 11.0. The molecule has 0 aliphatic carbocycles. The Hall–Kier alpha value is -2.59. The summed E-state index contributed by atoms with van der Waals surface area (Å²) in [5, 5.41) is 3.12. The minimum Gasteiger partial charge on any atom is -0.308 e. The average molecular weight is 404 g/mol. The van der Waals surface area contributed by atoms with Crippen molar-refractivity contribution in [3.63, 3.8) is 0 Å². The van der Waals surface area contributed by atoms with Crippen LogP contribution in [0.3, 0.4) is 0 Å². The number of nitrogens with zero attached hydrogens (tertiary/aromatic N) is 2. The van der Waals surface area contributed by atoms with Crippen LogP contribution in [0.1, 0.15) is 49.3 Å². The molecule has 2 heterocycles. The first kappa shape index (κ1) is 20.7. The number of nitrogens with one attached hydrogen (secondary N) is 1. The van der Waals surface area contributed by atoms with Crippen LogP contribution in [0.2, 0.25) is 0 Å². The molecule has 0 saturated carbocycles. The molecule has 1 spiro atoms. The Balaban J connectivity index is 1.56. The van der Waals surface area contributed by atoms with Crippen LogP contribution >= 0.6 is 0 Å². The third-order valence-corrected chi connectivity index (χ3v) is 6.75. The molecule has 2 amide bonds. The van der Waals surface area contributed by atoms with E-state index >= 15 is 0 Å². The predicted octanol–water partition coefficient (Wildman–Crippen LogP) is 5.69. The largest absolute Gasteiger partial charge is 0.326 e. The van der Waals surface area contributed by atoms with E-state index in [4.69, 9.17) is 0 Å². The molecule has 30 heavy (non-hydrogen) atoms. The maximum Gasteiger partial charge on any atom is 0.326 e. The van der Waals surface area contributed by atoms with Crippen molar-refractivity contribution in [2.75, 3.05) is 36.4 Å². The van der Waals surface area contributed by atoms with E-state index in [1.54, 1.807) is 0 Å². The quantitative estimate of drug-likeness (QED) is 0.666. The van der Waals surface area contributed by atoms with E-state index in [2.05, 4.69) is 67.9 Å². The fourth-order valence-corrected chi connectivity index (χ4v) is 4.88. The van der Waals surface area contributed by atoms with E-state index in [1.165, 1.54) is 16.7 Å². The Labute approximate surface area is 180 Å². The van der Waals surface area contributed by atoms with Gasteiger partial charge in [-0.2, -0.15) is 0 Å². The second-order valence-corrected chi connectivity index (χ2v) is 9.18. The van der Waals surface area contributed by atoms with Crippen molar-refractivity contribution in [2.45, 2.75) is 44.9 Å². The van der Waals surface area contributed by atoms with E-state index in [9.17, 15) is 4.79 Å². The zero-order chi connectivity index (χ0) is 21.3. The van der Waals surface area contributed by atoms with Crippen molar-refractivity contribution in [2.24, 2.45) is 0 Å². The first-order chi connectivity index (χ1) is 14.4. The zero-order valence-electron chi connectivity index (χ0n) is 18.4. The second-order valence-electron chi connectivity index (χ2n) is 9.18. The highest BCUT2D eigenvalue weighted by Crippen LogP contribution is 2.47. The lowest BCUT2D eigenvalue weighted by Crippen LogP contribution is -2.46. The van der Waals surface area contributed by atoms with Gasteiger partial charge in [0.1, 0.15) is 0 Å². The third kappa shape index (κ3) is 3.89. The van der Waals surface area contributed by atoms with Gasteiger partial charge in [-0.25, -0.2) is 4.79 Å². The lowest BCUT2D eigenvalue weighted by Gasteiger charge is -2.39. The number of carbonyl (C=O) groups excluding carboxylic acids is 1. The van der Waals surface area contributed by atoms with E-state index in [-0.39, 0.29) is 11.4 Å². The Bertz CT molecular complexity index is 924. The summed E-state index contributed by atoms with van der Waals surface area (Å²) in [6.45, 7) is 14.2. The summed E-state index contributed by atoms with van der Waals surface area (Å²) < 4.78 is 0. The summed E-state index contributed by atoms with van der Waals surface area (Å²) in [6, 6.07) is 14.7. The SMILES string of the molecule is C=CCN1CCC2(CC1)CN(C(=O)Nc1ccc(C(C)C)cc1)c1ccc(C)cc12. The average Bonchev–Trinajstić information content (AvgIpc) is 3.04. The fourth-order valence-electron chi connectivity index (χ4n) is 4.88. The summed E-state index contributed by atoms with van der Waals surface area (Å²) >= 11 is 0. The van der Waals surface area contributed by atoms with E-state index in [0.29, 0.717) is 5.92 Å². The van der Waals surface area contributed by atoms with Crippen molar-refractivity contribution < 1.29 is 4.79 Å². The van der Waals surface area contributed by atoms with Crippen molar-refractivity contribution in [1.29, 1.82) is 0 Å². The van der Waals surface area contributed by atoms with Crippen LogP contribution in [0.5, 0.6) is 0 Å². The molecule has 0 aromatic heterocycles. The van der Waals surface area contributed by atoms with Gasteiger partial charge in [0.05, 0.1) is 0 Å². The van der Waals surface area contributed by atoms with Gasteiger partial charge in [-0.15, -0.1) is 6.58 Å². The van der Waals surface area contributed by atoms with Gasteiger partial charge in [-0.1, -0.05) is 49.8 Å². The van der Waals surface area contributed by atoms with Crippen LogP contribution in [0.25, 0.3) is 0 Å². The molecule has 2 aliphatic rings. The van der Waals surface area contributed by atoms with Gasteiger partial charge in [0, 0.05) is 29.9 Å². The van der Waals surface area contributed by atoms with Gasteiger partial charge in [-0.05, 0) is 68.1 Å². The number of hydrogen-bond acceptors (Lipinski definition) is 2. The second kappa shape index (κ2) is 8.27. The van der Waals surface area contributed by atoms with Crippen molar-refractivity contribution in [3.05, 3.63) is 71.8 Å². The minimum absolute atomic E-state index is 0.0391. The molecular formula is C26H33N3O. The highest BCUT2D eigenvalue weighted by atomic mass is 16.2. The van der Waals surface area contributed by atoms with Gasteiger partial charge in [0.2, 0.25) is 0 Å². The first-order valence-corrected chi connectivity index (χ1v) is 11.0. The molecule has 4 nitrogen and oxygen atoms in total. The van der Waals surface area contributed by atoms with Gasteiger partial charge in [0.25, 0.3) is 0 Å². The molecule has 1 saturated heterocycles. The Morgan fingerprint density at radius 3 is 2.50 bits per heavy atom. The summed E-state index contributed by atoms with van der Waals surface area (Å²) in [4.78, 5) is 17.7. The predicted molar refractivity (Wildman–Crippen MR) is 126 cm³/mol. The van der Waals surface area contributed by atoms with Crippen molar-refractivity contribution >= 4 is 17.4 Å². The number of carbonyl (C=O) groups is 1. The Morgan fingerprint density at radius 2 is 1.87 bits per heavy atom. The summed E-state index contributed by atoms with van der Waals surface area (Å²) in [5.74, 6) is 0.482. The number of fused-ring (bicyclic) bond motifs is 2. The van der Waals surface area contributed by atoms with Gasteiger partial charge in [-0.3, -0.25) is 9.80 Å². The van der Waals surface area contributed by atoms with E-state index < -0.39 is 0 Å². The molecule has 0 radical (unpaired) electrons. The van der Waals surface area contributed by atoms with Crippen molar-refractivity contribution in [3.8, 4) is 0 Å². The molecule has 4 rings (SSSR count). The molecule has 4 heteroatoms.